The summed E-state index contributed by atoms with van der Waals surface area (Å²) in [7, 11) is -2.52. The van der Waals surface area contributed by atoms with Crippen molar-refractivity contribution in [3.63, 3.8) is 0 Å². The van der Waals surface area contributed by atoms with E-state index in [9.17, 15) is 18.5 Å². The molecule has 1 aromatic heterocycles. The lowest BCUT2D eigenvalue weighted by Gasteiger charge is -2.26. The molecule has 0 spiro atoms. The van der Waals surface area contributed by atoms with E-state index in [4.69, 9.17) is 4.98 Å². The van der Waals surface area contributed by atoms with Gasteiger partial charge >= 0.3 is 0 Å². The van der Waals surface area contributed by atoms with Crippen molar-refractivity contribution in [3.05, 3.63) is 58.4 Å². The maximum atomic E-state index is 13.2. The second-order valence-corrected chi connectivity index (χ2v) is 12.2. The molecule has 1 fully saturated rings. The highest BCUT2D eigenvalue weighted by Gasteiger charge is 2.27. The van der Waals surface area contributed by atoms with E-state index >= 15 is 0 Å². The first-order valence-corrected chi connectivity index (χ1v) is 13.2. The molecule has 1 aliphatic rings. The largest absolute Gasteiger partial charge is 0.327 e. The van der Waals surface area contributed by atoms with Gasteiger partial charge in [-0.3, -0.25) is 14.4 Å². The summed E-state index contributed by atoms with van der Waals surface area (Å²) in [5, 5.41) is 11.1. The molecule has 0 atom stereocenters. The van der Waals surface area contributed by atoms with Crippen molar-refractivity contribution in [2.45, 2.75) is 69.7 Å². The summed E-state index contributed by atoms with van der Waals surface area (Å²) in [6, 6.07) is 10.6. The molecule has 0 aliphatic heterocycles. The van der Waals surface area contributed by atoms with Crippen molar-refractivity contribution in [2.24, 2.45) is 5.92 Å². The van der Waals surface area contributed by atoms with Crippen LogP contribution in [-0.4, -0.2) is 29.9 Å². The van der Waals surface area contributed by atoms with Crippen LogP contribution in [-0.2, 0) is 22.0 Å². The van der Waals surface area contributed by atoms with Crippen molar-refractivity contribution in [1.82, 2.24) is 9.55 Å². The predicted molar refractivity (Wildman–Crippen MR) is 134 cm³/mol. The number of anilines is 1. The van der Waals surface area contributed by atoms with Crippen LogP contribution in [0.3, 0.4) is 0 Å². The third kappa shape index (κ3) is 4.66. The molecule has 0 unspecified atom stereocenters. The molecule has 2 aromatic carbocycles. The Morgan fingerprint density at radius 2 is 1.82 bits per heavy atom. The molecule has 34 heavy (non-hydrogen) atoms. The Labute approximate surface area is 200 Å². The van der Waals surface area contributed by atoms with Gasteiger partial charge in [-0.1, -0.05) is 46.1 Å². The van der Waals surface area contributed by atoms with Crippen molar-refractivity contribution in [1.29, 1.82) is 0 Å². The average Bonchev–Trinajstić information content (AvgIpc) is 3.17. The second kappa shape index (κ2) is 9.02. The van der Waals surface area contributed by atoms with Crippen molar-refractivity contribution in [3.8, 4) is 0 Å². The molecule has 0 saturated heterocycles. The highest BCUT2D eigenvalue weighted by Crippen LogP contribution is 2.33. The molecule has 4 rings (SSSR count). The van der Waals surface area contributed by atoms with Gasteiger partial charge in [-0.2, -0.15) is 0 Å². The van der Waals surface area contributed by atoms with Crippen molar-refractivity contribution < 1.29 is 13.3 Å². The number of fused-ring (bicyclic) bond motifs is 1. The van der Waals surface area contributed by atoms with Crippen LogP contribution in [0.2, 0.25) is 0 Å². The van der Waals surface area contributed by atoms with E-state index in [0.717, 1.165) is 33.8 Å². The Morgan fingerprint density at radius 1 is 1.12 bits per heavy atom. The lowest BCUT2D eigenvalue weighted by molar-refractivity contribution is -0.385. The first-order valence-electron chi connectivity index (χ1n) is 11.7. The highest BCUT2D eigenvalue weighted by molar-refractivity contribution is 7.92. The van der Waals surface area contributed by atoms with Crippen LogP contribution in [0.25, 0.3) is 11.0 Å². The molecule has 9 heteroatoms. The van der Waals surface area contributed by atoms with Crippen molar-refractivity contribution >= 4 is 32.4 Å². The van der Waals surface area contributed by atoms with Gasteiger partial charge in [0, 0.05) is 31.1 Å². The number of nitro benzene ring substituents is 1. The maximum absolute atomic E-state index is 13.2. The number of imidazole rings is 1. The van der Waals surface area contributed by atoms with Gasteiger partial charge in [0.15, 0.2) is 0 Å². The van der Waals surface area contributed by atoms with E-state index in [-0.39, 0.29) is 16.0 Å². The summed E-state index contributed by atoms with van der Waals surface area (Å²) in [5.74, 6) is 1.62. The Balaban J connectivity index is 1.73. The second-order valence-electron chi connectivity index (χ2n) is 10.2. The summed E-state index contributed by atoms with van der Waals surface area (Å²) in [6.45, 7) is 7.35. The molecule has 1 heterocycles. The minimum absolute atomic E-state index is 0.123. The number of nitrogens with zero attached hydrogens (tertiary/aromatic N) is 4. The van der Waals surface area contributed by atoms with Crippen LogP contribution in [0.15, 0.2) is 47.4 Å². The SMILES string of the molecule is CN(c1ccc2c(c1)nc(C(C)(C)C)n2CC1CCCCC1)S(=O)(=O)c1cccc([N+](=O)[O-])c1. The quantitative estimate of drug-likeness (QED) is 0.333. The fourth-order valence-electron chi connectivity index (χ4n) is 4.75. The van der Waals surface area contributed by atoms with Crippen LogP contribution in [0.5, 0.6) is 0 Å². The summed E-state index contributed by atoms with van der Waals surface area (Å²) in [5.41, 5.74) is 1.79. The van der Waals surface area contributed by atoms with Gasteiger partial charge in [0.25, 0.3) is 15.7 Å². The van der Waals surface area contributed by atoms with Gasteiger partial charge in [-0.05, 0) is 43.0 Å². The molecule has 1 saturated carbocycles. The van der Waals surface area contributed by atoms with Crippen LogP contribution in [0.1, 0.15) is 58.7 Å². The highest BCUT2D eigenvalue weighted by atomic mass is 32.2. The standard InChI is InChI=1S/C25H32N4O4S/c1-25(2,3)24-26-22-16-19(13-14-23(22)28(24)17-18-9-6-5-7-10-18)27(4)34(32,33)21-12-8-11-20(15-21)29(30)31/h8,11-16,18H,5-7,9-10,17H2,1-4H3. The number of hydrogen-bond acceptors (Lipinski definition) is 5. The molecule has 182 valence electrons. The topological polar surface area (TPSA) is 98.3 Å². The average molecular weight is 485 g/mol. The Hall–Kier alpha value is -2.94. The molecule has 0 bridgehead atoms. The van der Waals surface area contributed by atoms with Gasteiger partial charge in [0.05, 0.1) is 26.5 Å². The third-order valence-corrected chi connectivity index (χ3v) is 8.40. The third-order valence-electron chi connectivity index (χ3n) is 6.62. The first kappa shape index (κ1) is 24.2. The molecule has 1 aliphatic carbocycles. The number of nitro groups is 1. The maximum Gasteiger partial charge on any atom is 0.270 e. The lowest BCUT2D eigenvalue weighted by atomic mass is 9.88. The van der Waals surface area contributed by atoms with Gasteiger partial charge < -0.3 is 4.57 Å². The van der Waals surface area contributed by atoms with Crippen LogP contribution in [0.4, 0.5) is 11.4 Å². The fourth-order valence-corrected chi connectivity index (χ4v) is 5.98. The number of hydrogen-bond donors (Lipinski definition) is 0. The molecule has 0 radical (unpaired) electrons. The summed E-state index contributed by atoms with van der Waals surface area (Å²) >= 11 is 0. The van der Waals surface area contributed by atoms with E-state index in [0.29, 0.717) is 11.6 Å². The predicted octanol–water partition coefficient (Wildman–Crippen LogP) is 5.65. The minimum atomic E-state index is -3.98. The number of rotatable bonds is 6. The van der Waals surface area contributed by atoms with Crippen molar-refractivity contribution in [2.75, 3.05) is 11.4 Å². The molecular weight excluding hydrogens is 452 g/mol. The molecule has 0 amide bonds. The summed E-state index contributed by atoms with van der Waals surface area (Å²) in [4.78, 5) is 15.3. The van der Waals surface area contributed by atoms with Gasteiger partial charge in [0.1, 0.15) is 5.82 Å². The monoisotopic (exact) mass is 484 g/mol. The number of aromatic nitrogens is 2. The Kier molecular flexibility index (Phi) is 6.42. The lowest BCUT2D eigenvalue weighted by Crippen LogP contribution is -2.26. The van der Waals surface area contributed by atoms with Gasteiger partial charge in [-0.25, -0.2) is 13.4 Å². The van der Waals surface area contributed by atoms with Crippen LogP contribution >= 0.6 is 0 Å². The van der Waals surface area contributed by atoms with E-state index < -0.39 is 14.9 Å². The number of sulfonamides is 1. The molecular formula is C25H32N4O4S. The van der Waals surface area contributed by atoms with E-state index in [1.54, 1.807) is 12.1 Å². The molecule has 0 N–H and O–H groups in total. The Bertz CT molecular complexity index is 1320. The summed E-state index contributed by atoms with van der Waals surface area (Å²) < 4.78 is 29.9. The van der Waals surface area contributed by atoms with E-state index in [1.807, 2.05) is 6.07 Å². The minimum Gasteiger partial charge on any atom is -0.327 e. The van der Waals surface area contributed by atoms with Crippen LogP contribution in [0, 0.1) is 16.0 Å². The normalized spacial score (nSPS) is 15.5. The number of benzene rings is 2. The number of non-ortho nitro benzene ring substituents is 1. The van der Waals surface area contributed by atoms with E-state index in [2.05, 4.69) is 25.3 Å². The fraction of sp³-hybridized carbons (Fsp3) is 0.480. The zero-order valence-corrected chi connectivity index (χ0v) is 21.0. The molecule has 8 nitrogen and oxygen atoms in total. The summed E-state index contributed by atoms with van der Waals surface area (Å²) in [6.07, 6.45) is 6.30. The zero-order valence-electron chi connectivity index (χ0n) is 20.2. The smallest absolute Gasteiger partial charge is 0.270 e. The first-order chi connectivity index (χ1) is 16.0. The van der Waals surface area contributed by atoms with Gasteiger partial charge in [0.2, 0.25) is 0 Å². The molecule has 3 aromatic rings. The van der Waals surface area contributed by atoms with E-state index in [1.165, 1.54) is 57.4 Å². The van der Waals surface area contributed by atoms with Gasteiger partial charge in [-0.15, -0.1) is 0 Å². The zero-order chi connectivity index (χ0) is 24.7. The Morgan fingerprint density at radius 3 is 2.47 bits per heavy atom. The van der Waals surface area contributed by atoms with Crippen LogP contribution < -0.4 is 4.31 Å².